The molecule has 3 nitrogen and oxygen atoms in total. The lowest BCUT2D eigenvalue weighted by Crippen LogP contribution is -2.84. The van der Waals surface area contributed by atoms with E-state index in [4.69, 9.17) is 0 Å². The Labute approximate surface area is 140 Å². The molecule has 1 aromatic heterocycles. The number of quaternary nitrogens is 1. The monoisotopic (exact) mass is 323 g/mol. The first-order chi connectivity index (χ1) is 11.3. The summed E-state index contributed by atoms with van der Waals surface area (Å²) in [6, 6.07) is 22.1. The van der Waals surface area contributed by atoms with Crippen molar-refractivity contribution in [2.75, 3.05) is 11.9 Å². The van der Waals surface area contributed by atoms with Crippen molar-refractivity contribution in [3.05, 3.63) is 77.0 Å². The smallest absolute Gasteiger partial charge is 0.279 e. The lowest BCUT2D eigenvalue weighted by atomic mass is 10.0. The Morgan fingerprint density at radius 3 is 2.52 bits per heavy atom. The van der Waals surface area contributed by atoms with Crippen LogP contribution in [0.15, 0.2) is 72.1 Å². The summed E-state index contributed by atoms with van der Waals surface area (Å²) in [5, 5.41) is 7.10. The molecule has 0 aliphatic heterocycles. The molecule has 3 aromatic rings. The zero-order valence-electron chi connectivity index (χ0n) is 12.7. The van der Waals surface area contributed by atoms with Crippen LogP contribution in [0.1, 0.15) is 4.88 Å². The molecule has 0 atom stereocenters. The van der Waals surface area contributed by atoms with Crippen LogP contribution < -0.4 is 10.6 Å². The van der Waals surface area contributed by atoms with Crippen LogP contribution in [0, 0.1) is 0 Å². The Balaban J connectivity index is 1.62. The van der Waals surface area contributed by atoms with Gasteiger partial charge in [0.1, 0.15) is 6.54 Å². The van der Waals surface area contributed by atoms with Gasteiger partial charge in [-0.15, -0.1) is 11.3 Å². The first-order valence-corrected chi connectivity index (χ1v) is 8.49. The van der Waals surface area contributed by atoms with E-state index in [2.05, 4.69) is 16.8 Å². The highest BCUT2D eigenvalue weighted by Crippen LogP contribution is 2.27. The van der Waals surface area contributed by atoms with Crippen molar-refractivity contribution < 1.29 is 10.1 Å². The second kappa shape index (κ2) is 7.72. The molecule has 1 amide bonds. The summed E-state index contributed by atoms with van der Waals surface area (Å²) in [5.41, 5.74) is 3.00. The molecule has 2 aromatic carbocycles. The van der Waals surface area contributed by atoms with Gasteiger partial charge >= 0.3 is 0 Å². The summed E-state index contributed by atoms with van der Waals surface area (Å²) in [5.74, 6) is 0.0185. The third kappa shape index (κ3) is 4.28. The normalized spacial score (nSPS) is 10.4. The first kappa shape index (κ1) is 15.5. The van der Waals surface area contributed by atoms with Crippen LogP contribution in [0.25, 0.3) is 11.1 Å². The van der Waals surface area contributed by atoms with Crippen molar-refractivity contribution in [1.29, 1.82) is 0 Å². The topological polar surface area (TPSA) is 45.7 Å². The number of rotatable bonds is 6. The summed E-state index contributed by atoms with van der Waals surface area (Å²) < 4.78 is 0. The Hall–Kier alpha value is -2.43. The zero-order chi connectivity index (χ0) is 15.9. The van der Waals surface area contributed by atoms with Crippen molar-refractivity contribution in [2.24, 2.45) is 0 Å². The number of benzene rings is 2. The maximum Gasteiger partial charge on any atom is 0.279 e. The van der Waals surface area contributed by atoms with E-state index in [0.29, 0.717) is 6.54 Å². The first-order valence-electron chi connectivity index (χ1n) is 7.61. The number of nitrogens with one attached hydrogen (secondary N) is 1. The average molecular weight is 323 g/mol. The lowest BCUT2D eigenvalue weighted by molar-refractivity contribution is -0.659. The fourth-order valence-corrected chi connectivity index (χ4v) is 3.14. The van der Waals surface area contributed by atoms with Gasteiger partial charge in [0.05, 0.1) is 4.88 Å². The van der Waals surface area contributed by atoms with E-state index >= 15 is 0 Å². The molecule has 0 bridgehead atoms. The zero-order valence-corrected chi connectivity index (χ0v) is 13.6. The van der Waals surface area contributed by atoms with Gasteiger partial charge in [0.15, 0.2) is 6.54 Å². The number of thiophene rings is 1. The van der Waals surface area contributed by atoms with Crippen LogP contribution in [0.4, 0.5) is 5.69 Å². The molecule has 0 aliphatic rings. The van der Waals surface area contributed by atoms with E-state index in [-0.39, 0.29) is 5.91 Å². The van der Waals surface area contributed by atoms with Crippen molar-refractivity contribution in [1.82, 2.24) is 0 Å². The largest absolute Gasteiger partial charge is 0.334 e. The highest BCUT2D eigenvalue weighted by atomic mass is 32.1. The summed E-state index contributed by atoms with van der Waals surface area (Å²) in [6.07, 6.45) is 0. The number of anilines is 1. The second-order valence-corrected chi connectivity index (χ2v) is 6.27. The number of carbonyl (C=O) groups is 1. The second-order valence-electron chi connectivity index (χ2n) is 5.24. The molecule has 0 radical (unpaired) electrons. The fraction of sp³-hybridized carbons (Fsp3) is 0.105. The van der Waals surface area contributed by atoms with Crippen LogP contribution in [-0.4, -0.2) is 12.5 Å². The van der Waals surface area contributed by atoms with Crippen molar-refractivity contribution in [3.63, 3.8) is 0 Å². The predicted octanol–water partition coefficient (Wildman–Crippen LogP) is 3.12. The molecular weight excluding hydrogens is 304 g/mol. The quantitative estimate of drug-likeness (QED) is 0.719. The third-order valence-electron chi connectivity index (χ3n) is 3.54. The highest BCUT2D eigenvalue weighted by Gasteiger charge is 2.09. The Morgan fingerprint density at radius 1 is 0.957 bits per heavy atom. The van der Waals surface area contributed by atoms with Gasteiger partial charge in [0, 0.05) is 11.3 Å². The summed E-state index contributed by atoms with van der Waals surface area (Å²) >= 11 is 1.72. The number of hydrogen-bond donors (Lipinski definition) is 2. The maximum atomic E-state index is 12.2. The van der Waals surface area contributed by atoms with Gasteiger partial charge in [0.25, 0.3) is 5.91 Å². The van der Waals surface area contributed by atoms with E-state index in [9.17, 15) is 4.79 Å². The van der Waals surface area contributed by atoms with Gasteiger partial charge in [-0.2, -0.15) is 0 Å². The lowest BCUT2D eigenvalue weighted by Gasteiger charge is -2.10. The summed E-state index contributed by atoms with van der Waals surface area (Å²) in [4.78, 5) is 13.5. The maximum absolute atomic E-state index is 12.2. The van der Waals surface area contributed by atoms with E-state index in [0.717, 1.165) is 23.4 Å². The number of carbonyl (C=O) groups excluding carboxylic acids is 1. The van der Waals surface area contributed by atoms with Crippen LogP contribution in [-0.2, 0) is 11.3 Å². The molecule has 23 heavy (non-hydrogen) atoms. The van der Waals surface area contributed by atoms with E-state index in [1.54, 1.807) is 11.3 Å². The van der Waals surface area contributed by atoms with Gasteiger partial charge < -0.3 is 10.6 Å². The minimum atomic E-state index is 0.0185. The van der Waals surface area contributed by atoms with Crippen LogP contribution in [0.5, 0.6) is 0 Å². The van der Waals surface area contributed by atoms with Gasteiger partial charge in [-0.3, -0.25) is 4.79 Å². The van der Waals surface area contributed by atoms with Crippen molar-refractivity contribution >= 4 is 22.9 Å². The number of hydrogen-bond acceptors (Lipinski definition) is 2. The molecule has 1 heterocycles. The molecule has 3 rings (SSSR count). The van der Waals surface area contributed by atoms with Crippen LogP contribution in [0.2, 0.25) is 0 Å². The summed E-state index contributed by atoms with van der Waals surface area (Å²) in [7, 11) is 0. The van der Waals surface area contributed by atoms with E-state index in [1.165, 1.54) is 4.88 Å². The van der Waals surface area contributed by atoms with Crippen LogP contribution >= 0.6 is 11.3 Å². The molecule has 0 unspecified atom stereocenters. The average Bonchev–Trinajstić information content (AvgIpc) is 3.09. The van der Waals surface area contributed by atoms with E-state index < -0.39 is 0 Å². The molecule has 4 heteroatoms. The predicted molar refractivity (Wildman–Crippen MR) is 95.3 cm³/mol. The number of para-hydroxylation sites is 1. The Morgan fingerprint density at radius 2 is 1.74 bits per heavy atom. The molecule has 0 aliphatic carbocycles. The SMILES string of the molecule is O=C(C[NH2+]Cc1cccs1)Nc1ccccc1-c1ccccc1. The van der Waals surface area contributed by atoms with Gasteiger partial charge in [-0.1, -0.05) is 54.6 Å². The minimum absolute atomic E-state index is 0.0185. The summed E-state index contributed by atoms with van der Waals surface area (Å²) in [6.45, 7) is 1.26. The Bertz CT molecular complexity index is 754. The van der Waals surface area contributed by atoms with Crippen molar-refractivity contribution in [3.8, 4) is 11.1 Å². The van der Waals surface area contributed by atoms with Gasteiger partial charge in [0.2, 0.25) is 0 Å². The van der Waals surface area contributed by atoms with Crippen LogP contribution in [0.3, 0.4) is 0 Å². The standard InChI is InChI=1S/C19H18N2OS/c22-19(14-20-13-16-9-6-12-23-16)21-18-11-5-4-10-17(18)15-7-2-1-3-8-15/h1-12,20H,13-14H2,(H,21,22)/p+1. The molecule has 0 fully saturated rings. The highest BCUT2D eigenvalue weighted by molar-refractivity contribution is 7.09. The number of amides is 1. The molecule has 116 valence electrons. The van der Waals surface area contributed by atoms with Gasteiger partial charge in [-0.05, 0) is 23.1 Å². The molecule has 0 saturated carbocycles. The molecule has 0 saturated heterocycles. The van der Waals surface area contributed by atoms with E-state index in [1.807, 2.05) is 66.0 Å². The minimum Gasteiger partial charge on any atom is -0.334 e. The van der Waals surface area contributed by atoms with Gasteiger partial charge in [-0.25, -0.2) is 0 Å². The molecular formula is C19H19N2OS+. The Kier molecular flexibility index (Phi) is 5.19. The van der Waals surface area contributed by atoms with Crippen molar-refractivity contribution in [2.45, 2.75) is 6.54 Å². The molecule has 3 N–H and O–H groups in total. The fourth-order valence-electron chi connectivity index (χ4n) is 2.44. The number of nitrogens with two attached hydrogens (primary N) is 1. The molecule has 0 spiro atoms. The third-order valence-corrected chi connectivity index (χ3v) is 4.44.